The Kier molecular flexibility index (Phi) is 8.15. The summed E-state index contributed by atoms with van der Waals surface area (Å²) in [4.78, 5) is 0. The highest BCUT2D eigenvalue weighted by Gasteiger charge is 2.10. The van der Waals surface area contributed by atoms with Gasteiger partial charge in [-0.05, 0) is 41.9 Å². The molecule has 1 unspecified atom stereocenters. The van der Waals surface area contributed by atoms with Gasteiger partial charge in [-0.25, -0.2) is 0 Å². The zero-order chi connectivity index (χ0) is 14.3. The summed E-state index contributed by atoms with van der Waals surface area (Å²) in [7, 11) is 0. The predicted molar refractivity (Wildman–Crippen MR) is 86.6 cm³/mol. The molecule has 0 saturated carbocycles. The summed E-state index contributed by atoms with van der Waals surface area (Å²) in [5.74, 6) is 0.623. The fourth-order valence-electron chi connectivity index (χ4n) is 1.66. The van der Waals surface area contributed by atoms with Crippen LogP contribution in [0.3, 0.4) is 0 Å². The van der Waals surface area contributed by atoms with E-state index in [-0.39, 0.29) is 6.10 Å². The highest BCUT2D eigenvalue weighted by molar-refractivity contribution is 9.10. The van der Waals surface area contributed by atoms with Gasteiger partial charge in [0.2, 0.25) is 0 Å². The second-order valence-corrected chi connectivity index (χ2v) is 6.21. The van der Waals surface area contributed by atoms with E-state index in [1.54, 1.807) is 12.1 Å². The molecule has 1 rings (SSSR count). The highest BCUT2D eigenvalue weighted by Crippen LogP contribution is 2.34. The van der Waals surface area contributed by atoms with Crippen LogP contribution in [0.15, 0.2) is 16.6 Å². The number of hydrogen-bond donors (Lipinski definition) is 1. The van der Waals surface area contributed by atoms with Gasteiger partial charge < -0.3 is 10.1 Å². The van der Waals surface area contributed by atoms with Gasteiger partial charge in [0, 0.05) is 17.1 Å². The van der Waals surface area contributed by atoms with Gasteiger partial charge in [-0.15, -0.1) is 0 Å². The quantitative estimate of drug-likeness (QED) is 0.496. The molecule has 0 fully saturated rings. The molecule has 0 aliphatic carbocycles. The molecule has 0 bridgehead atoms. The van der Waals surface area contributed by atoms with Crippen molar-refractivity contribution in [3.63, 3.8) is 0 Å². The number of ether oxygens (including phenoxy) is 1. The van der Waals surface area contributed by atoms with Gasteiger partial charge in [0.1, 0.15) is 11.9 Å². The fraction of sp³-hybridized carbons (Fsp3) is 0.571. The third-order valence-electron chi connectivity index (χ3n) is 2.69. The smallest absolute Gasteiger partial charge is 0.139 e. The average Bonchev–Trinajstić information content (AvgIpc) is 2.35. The molecule has 2 nitrogen and oxygen atoms in total. The molecule has 0 saturated heterocycles. The Morgan fingerprint density at radius 3 is 2.68 bits per heavy atom. The van der Waals surface area contributed by atoms with Crippen molar-refractivity contribution in [2.75, 3.05) is 13.1 Å². The molecule has 0 spiro atoms. The second kappa shape index (κ2) is 9.06. The van der Waals surface area contributed by atoms with E-state index < -0.39 is 0 Å². The lowest BCUT2D eigenvalue weighted by Crippen LogP contribution is -2.29. The zero-order valence-electron chi connectivity index (χ0n) is 11.3. The number of nitrogens with one attached hydrogen (secondary N) is 1. The third-order valence-corrected chi connectivity index (χ3v) is 4.18. The van der Waals surface area contributed by atoms with Crippen molar-refractivity contribution in [2.45, 2.75) is 39.2 Å². The highest BCUT2D eigenvalue weighted by atomic mass is 79.9. The predicted octanol–water partition coefficient (Wildman–Crippen LogP) is 5.30. The van der Waals surface area contributed by atoms with Crippen LogP contribution in [0.2, 0.25) is 10.0 Å². The molecule has 5 heteroatoms. The average molecular weight is 369 g/mol. The Bertz CT molecular complexity index is 401. The molecule has 0 amide bonds. The summed E-state index contributed by atoms with van der Waals surface area (Å²) in [5, 5.41) is 4.54. The number of halogens is 3. The normalized spacial score (nSPS) is 12.5. The van der Waals surface area contributed by atoms with Crippen LogP contribution in [0, 0.1) is 0 Å². The van der Waals surface area contributed by atoms with Crippen LogP contribution in [-0.2, 0) is 0 Å². The Labute approximate surface area is 133 Å². The van der Waals surface area contributed by atoms with Crippen LogP contribution in [0.1, 0.15) is 33.1 Å². The molecule has 0 radical (unpaired) electrons. The first-order valence-corrected chi connectivity index (χ1v) is 8.11. The van der Waals surface area contributed by atoms with Crippen LogP contribution < -0.4 is 10.1 Å². The van der Waals surface area contributed by atoms with Crippen molar-refractivity contribution in [3.8, 4) is 5.75 Å². The van der Waals surface area contributed by atoms with Crippen molar-refractivity contribution in [3.05, 3.63) is 26.7 Å². The Morgan fingerprint density at radius 2 is 2.00 bits per heavy atom. The maximum Gasteiger partial charge on any atom is 0.139 e. The molecule has 19 heavy (non-hydrogen) atoms. The zero-order valence-corrected chi connectivity index (χ0v) is 14.4. The van der Waals surface area contributed by atoms with Gasteiger partial charge >= 0.3 is 0 Å². The topological polar surface area (TPSA) is 21.3 Å². The van der Waals surface area contributed by atoms with Crippen LogP contribution in [0.5, 0.6) is 5.75 Å². The van der Waals surface area contributed by atoms with E-state index in [0.29, 0.717) is 15.8 Å². The Morgan fingerprint density at radius 1 is 1.26 bits per heavy atom. The molecular weight excluding hydrogens is 349 g/mol. The second-order valence-electron chi connectivity index (χ2n) is 4.54. The minimum atomic E-state index is 0.0522. The molecule has 0 aromatic heterocycles. The van der Waals surface area contributed by atoms with Crippen molar-refractivity contribution in [1.29, 1.82) is 0 Å². The summed E-state index contributed by atoms with van der Waals surface area (Å²) >= 11 is 15.5. The van der Waals surface area contributed by atoms with Gasteiger partial charge in [0.25, 0.3) is 0 Å². The molecule has 108 valence electrons. The summed E-state index contributed by atoms with van der Waals surface area (Å²) in [5.41, 5.74) is 0. The Hall–Kier alpha value is 0.0400. The lowest BCUT2D eigenvalue weighted by Gasteiger charge is -2.17. The maximum atomic E-state index is 6.11. The summed E-state index contributed by atoms with van der Waals surface area (Å²) in [6.45, 7) is 6.04. The van der Waals surface area contributed by atoms with Crippen LogP contribution >= 0.6 is 39.1 Å². The SMILES string of the molecule is CCCCCNCC(C)Oc1cc(Cl)c(Br)cc1Cl. The largest absolute Gasteiger partial charge is 0.488 e. The van der Waals surface area contributed by atoms with E-state index >= 15 is 0 Å². The van der Waals surface area contributed by atoms with E-state index in [4.69, 9.17) is 27.9 Å². The summed E-state index contributed by atoms with van der Waals surface area (Å²) in [6, 6.07) is 3.49. The first-order chi connectivity index (χ1) is 9.04. The van der Waals surface area contributed by atoms with Crippen molar-refractivity contribution in [2.24, 2.45) is 0 Å². The van der Waals surface area contributed by atoms with Gasteiger partial charge in [-0.3, -0.25) is 0 Å². The van der Waals surface area contributed by atoms with Gasteiger partial charge in [-0.1, -0.05) is 43.0 Å². The monoisotopic (exact) mass is 367 g/mol. The minimum Gasteiger partial charge on any atom is -0.488 e. The summed E-state index contributed by atoms with van der Waals surface area (Å²) in [6.07, 6.45) is 3.75. The molecular formula is C14H20BrCl2NO. The number of unbranched alkanes of at least 4 members (excludes halogenated alkanes) is 2. The van der Waals surface area contributed by atoms with E-state index in [9.17, 15) is 0 Å². The fourth-order valence-corrected chi connectivity index (χ4v) is 2.50. The summed E-state index contributed by atoms with van der Waals surface area (Å²) < 4.78 is 6.56. The number of benzene rings is 1. The third kappa shape index (κ3) is 6.35. The molecule has 1 aromatic carbocycles. The van der Waals surface area contributed by atoms with Crippen LogP contribution in [0.25, 0.3) is 0 Å². The van der Waals surface area contributed by atoms with Crippen LogP contribution in [-0.4, -0.2) is 19.2 Å². The minimum absolute atomic E-state index is 0.0522. The van der Waals surface area contributed by atoms with E-state index in [1.807, 2.05) is 6.92 Å². The molecule has 1 atom stereocenters. The van der Waals surface area contributed by atoms with E-state index in [2.05, 4.69) is 28.2 Å². The molecule has 1 aromatic rings. The standard InChI is InChI=1S/C14H20BrCl2NO/c1-3-4-5-6-18-9-10(2)19-14-8-12(16)11(15)7-13(14)17/h7-8,10,18H,3-6,9H2,1-2H3. The lowest BCUT2D eigenvalue weighted by atomic mass is 10.2. The molecule has 0 aliphatic rings. The van der Waals surface area contributed by atoms with E-state index in [1.165, 1.54) is 19.3 Å². The maximum absolute atomic E-state index is 6.11. The molecule has 0 heterocycles. The van der Waals surface area contributed by atoms with Gasteiger partial charge in [-0.2, -0.15) is 0 Å². The molecule has 0 aliphatic heterocycles. The first kappa shape index (κ1) is 17.1. The van der Waals surface area contributed by atoms with E-state index in [0.717, 1.165) is 17.6 Å². The molecule has 1 N–H and O–H groups in total. The van der Waals surface area contributed by atoms with Gasteiger partial charge in [0.05, 0.1) is 10.0 Å². The number of rotatable bonds is 8. The number of hydrogen-bond acceptors (Lipinski definition) is 2. The van der Waals surface area contributed by atoms with Crippen LogP contribution in [0.4, 0.5) is 0 Å². The first-order valence-electron chi connectivity index (χ1n) is 6.56. The lowest BCUT2D eigenvalue weighted by molar-refractivity contribution is 0.217. The van der Waals surface area contributed by atoms with Crippen molar-refractivity contribution >= 4 is 39.1 Å². The van der Waals surface area contributed by atoms with Gasteiger partial charge in [0.15, 0.2) is 0 Å². The Balaban J connectivity index is 2.40. The van der Waals surface area contributed by atoms with Crippen molar-refractivity contribution in [1.82, 2.24) is 5.32 Å². The van der Waals surface area contributed by atoms with Crippen molar-refractivity contribution < 1.29 is 4.74 Å².